The standard InChI is InChI=1S/C16H30N2O/c1-12-9-16(3,4)10-15(12)17-11-14-5-7-18(8-6-14)13(2)19/h12,14-15,17H,5-11H2,1-4H3/t12-,15-/m1/s1. The number of hydrogen-bond donors (Lipinski definition) is 1. The van der Waals surface area contributed by atoms with E-state index >= 15 is 0 Å². The summed E-state index contributed by atoms with van der Waals surface area (Å²) >= 11 is 0. The number of likely N-dealkylation sites (tertiary alicyclic amines) is 1. The van der Waals surface area contributed by atoms with Crippen LogP contribution in [0.15, 0.2) is 0 Å². The molecule has 0 bridgehead atoms. The Labute approximate surface area is 118 Å². The third-order valence-corrected chi connectivity index (χ3v) is 5.06. The summed E-state index contributed by atoms with van der Waals surface area (Å²) in [4.78, 5) is 13.3. The number of nitrogens with one attached hydrogen (secondary N) is 1. The van der Waals surface area contributed by atoms with Crippen molar-refractivity contribution in [1.29, 1.82) is 0 Å². The summed E-state index contributed by atoms with van der Waals surface area (Å²) in [5.41, 5.74) is 0.509. The molecule has 1 heterocycles. The molecule has 0 aromatic heterocycles. The molecule has 1 saturated carbocycles. The number of amides is 1. The summed E-state index contributed by atoms with van der Waals surface area (Å²) in [5, 5.41) is 3.80. The predicted molar refractivity (Wildman–Crippen MR) is 78.9 cm³/mol. The molecule has 1 aliphatic carbocycles. The van der Waals surface area contributed by atoms with Gasteiger partial charge in [-0.2, -0.15) is 0 Å². The van der Waals surface area contributed by atoms with Crippen LogP contribution in [0, 0.1) is 17.3 Å². The van der Waals surface area contributed by atoms with Crippen molar-refractivity contribution >= 4 is 5.91 Å². The maximum absolute atomic E-state index is 11.3. The Morgan fingerprint density at radius 2 is 1.89 bits per heavy atom. The maximum Gasteiger partial charge on any atom is 0.219 e. The Balaban J connectivity index is 1.71. The largest absolute Gasteiger partial charge is 0.343 e. The molecule has 1 N–H and O–H groups in total. The highest BCUT2D eigenvalue weighted by Gasteiger charge is 2.36. The molecule has 2 aliphatic rings. The van der Waals surface area contributed by atoms with Crippen LogP contribution >= 0.6 is 0 Å². The van der Waals surface area contributed by atoms with E-state index in [2.05, 4.69) is 26.1 Å². The fraction of sp³-hybridized carbons (Fsp3) is 0.938. The molecule has 0 spiro atoms. The normalized spacial score (nSPS) is 31.7. The van der Waals surface area contributed by atoms with Crippen molar-refractivity contribution in [3.05, 3.63) is 0 Å². The zero-order chi connectivity index (χ0) is 14.0. The fourth-order valence-corrected chi connectivity index (χ4v) is 3.94. The fourth-order valence-electron chi connectivity index (χ4n) is 3.94. The third kappa shape index (κ3) is 3.95. The van der Waals surface area contributed by atoms with Crippen molar-refractivity contribution in [3.8, 4) is 0 Å². The van der Waals surface area contributed by atoms with Crippen molar-refractivity contribution < 1.29 is 4.79 Å². The lowest BCUT2D eigenvalue weighted by Crippen LogP contribution is -2.42. The van der Waals surface area contributed by atoms with Gasteiger partial charge in [-0.1, -0.05) is 20.8 Å². The van der Waals surface area contributed by atoms with Crippen molar-refractivity contribution in [2.75, 3.05) is 19.6 Å². The highest BCUT2D eigenvalue weighted by atomic mass is 16.2. The van der Waals surface area contributed by atoms with Crippen LogP contribution in [0.25, 0.3) is 0 Å². The van der Waals surface area contributed by atoms with E-state index in [1.807, 2.05) is 4.90 Å². The van der Waals surface area contributed by atoms with E-state index in [9.17, 15) is 4.79 Å². The van der Waals surface area contributed by atoms with Crippen LogP contribution in [0.2, 0.25) is 0 Å². The predicted octanol–water partition coefficient (Wildman–Crippen LogP) is 2.66. The molecule has 19 heavy (non-hydrogen) atoms. The average Bonchev–Trinajstić information content (AvgIpc) is 2.60. The minimum atomic E-state index is 0.234. The minimum Gasteiger partial charge on any atom is -0.343 e. The van der Waals surface area contributed by atoms with Gasteiger partial charge >= 0.3 is 0 Å². The molecule has 0 aromatic carbocycles. The quantitative estimate of drug-likeness (QED) is 0.852. The van der Waals surface area contributed by atoms with Gasteiger partial charge in [-0.25, -0.2) is 0 Å². The highest BCUT2D eigenvalue weighted by molar-refractivity contribution is 5.73. The van der Waals surface area contributed by atoms with Crippen LogP contribution in [-0.2, 0) is 4.79 Å². The van der Waals surface area contributed by atoms with Gasteiger partial charge in [0.2, 0.25) is 5.91 Å². The third-order valence-electron chi connectivity index (χ3n) is 5.06. The molecule has 1 aliphatic heterocycles. The highest BCUT2D eigenvalue weighted by Crippen LogP contribution is 2.40. The lowest BCUT2D eigenvalue weighted by Gasteiger charge is -2.32. The smallest absolute Gasteiger partial charge is 0.219 e. The molecular formula is C16H30N2O. The topological polar surface area (TPSA) is 32.3 Å². The van der Waals surface area contributed by atoms with Crippen LogP contribution < -0.4 is 5.32 Å². The van der Waals surface area contributed by atoms with E-state index in [0.717, 1.165) is 44.3 Å². The Hall–Kier alpha value is -0.570. The van der Waals surface area contributed by atoms with E-state index in [0.29, 0.717) is 11.5 Å². The molecule has 1 amide bonds. The van der Waals surface area contributed by atoms with Gasteiger partial charge in [0.05, 0.1) is 0 Å². The molecule has 110 valence electrons. The first-order valence-electron chi connectivity index (χ1n) is 7.86. The molecular weight excluding hydrogens is 236 g/mol. The van der Waals surface area contributed by atoms with E-state index in [4.69, 9.17) is 0 Å². The van der Waals surface area contributed by atoms with Crippen molar-refractivity contribution in [2.45, 2.75) is 59.4 Å². The van der Waals surface area contributed by atoms with Crippen molar-refractivity contribution in [2.24, 2.45) is 17.3 Å². The first kappa shape index (κ1) is 14.8. The molecule has 0 radical (unpaired) electrons. The van der Waals surface area contributed by atoms with Gasteiger partial charge < -0.3 is 10.2 Å². The van der Waals surface area contributed by atoms with Crippen molar-refractivity contribution in [1.82, 2.24) is 10.2 Å². The molecule has 0 unspecified atom stereocenters. The Morgan fingerprint density at radius 3 is 2.37 bits per heavy atom. The lowest BCUT2D eigenvalue weighted by atomic mass is 9.91. The van der Waals surface area contributed by atoms with E-state index < -0.39 is 0 Å². The number of rotatable bonds is 3. The monoisotopic (exact) mass is 266 g/mol. The second-order valence-corrected chi connectivity index (χ2v) is 7.51. The lowest BCUT2D eigenvalue weighted by molar-refractivity contribution is -0.130. The van der Waals surface area contributed by atoms with Gasteiger partial charge in [0.1, 0.15) is 0 Å². The molecule has 3 nitrogen and oxygen atoms in total. The number of hydrogen-bond acceptors (Lipinski definition) is 2. The first-order chi connectivity index (χ1) is 8.87. The molecule has 2 atom stereocenters. The zero-order valence-corrected chi connectivity index (χ0v) is 13.0. The average molecular weight is 266 g/mol. The van der Waals surface area contributed by atoms with Crippen molar-refractivity contribution in [3.63, 3.8) is 0 Å². The second-order valence-electron chi connectivity index (χ2n) is 7.51. The van der Waals surface area contributed by atoms with Crippen LogP contribution in [0.1, 0.15) is 53.4 Å². The SMILES string of the molecule is CC(=O)N1CCC(CN[C@@H]2CC(C)(C)C[C@H]2C)CC1. The summed E-state index contributed by atoms with van der Waals surface area (Å²) < 4.78 is 0. The summed E-state index contributed by atoms with van der Waals surface area (Å²) in [6.07, 6.45) is 4.97. The molecule has 2 fully saturated rings. The molecule has 2 rings (SSSR count). The van der Waals surface area contributed by atoms with Gasteiger partial charge in [-0.15, -0.1) is 0 Å². The maximum atomic E-state index is 11.3. The summed E-state index contributed by atoms with van der Waals surface area (Å²) in [5.74, 6) is 1.79. The summed E-state index contributed by atoms with van der Waals surface area (Å²) in [6.45, 7) is 11.9. The van der Waals surface area contributed by atoms with Gasteiger partial charge in [0.15, 0.2) is 0 Å². The van der Waals surface area contributed by atoms with Gasteiger partial charge in [0, 0.05) is 26.1 Å². The Morgan fingerprint density at radius 1 is 1.26 bits per heavy atom. The van der Waals surface area contributed by atoms with Crippen LogP contribution in [0.4, 0.5) is 0 Å². The number of carbonyl (C=O) groups excluding carboxylic acids is 1. The van der Waals surface area contributed by atoms with Crippen LogP contribution in [0.5, 0.6) is 0 Å². The Bertz CT molecular complexity index is 319. The zero-order valence-electron chi connectivity index (χ0n) is 13.0. The number of nitrogens with zero attached hydrogens (tertiary/aromatic N) is 1. The first-order valence-corrected chi connectivity index (χ1v) is 7.86. The molecule has 0 aromatic rings. The molecule has 1 saturated heterocycles. The second kappa shape index (κ2) is 5.82. The number of piperidine rings is 1. The Kier molecular flexibility index (Phi) is 4.54. The van der Waals surface area contributed by atoms with Gasteiger partial charge in [-0.05, 0) is 49.5 Å². The van der Waals surface area contributed by atoms with E-state index in [-0.39, 0.29) is 5.91 Å². The van der Waals surface area contributed by atoms with Gasteiger partial charge in [-0.3, -0.25) is 4.79 Å². The number of carbonyl (C=O) groups is 1. The molecule has 3 heteroatoms. The van der Waals surface area contributed by atoms with Crippen LogP contribution in [0.3, 0.4) is 0 Å². The minimum absolute atomic E-state index is 0.234. The van der Waals surface area contributed by atoms with Gasteiger partial charge in [0.25, 0.3) is 0 Å². The van der Waals surface area contributed by atoms with E-state index in [1.165, 1.54) is 12.8 Å². The summed E-state index contributed by atoms with van der Waals surface area (Å²) in [6, 6.07) is 0.695. The summed E-state index contributed by atoms with van der Waals surface area (Å²) in [7, 11) is 0. The van der Waals surface area contributed by atoms with Crippen LogP contribution in [-0.4, -0.2) is 36.5 Å². The van der Waals surface area contributed by atoms with E-state index in [1.54, 1.807) is 6.92 Å².